The Labute approximate surface area is 212 Å². The minimum absolute atomic E-state index is 0.446. The van der Waals surface area contributed by atoms with Crippen LogP contribution < -0.4 is 5.73 Å². The lowest BCUT2D eigenvalue weighted by atomic mass is 10.1. The maximum Gasteiger partial charge on any atom is 0.248 e. The number of halogens is 1. The molecule has 0 bridgehead atoms. The van der Waals surface area contributed by atoms with Gasteiger partial charge in [-0.3, -0.25) is 9.79 Å². The number of nitrogens with zero attached hydrogens (tertiary/aromatic N) is 2. The quantitative estimate of drug-likeness (QED) is 0.233. The van der Waals surface area contributed by atoms with Gasteiger partial charge in [-0.25, -0.2) is 0 Å². The molecule has 0 radical (unpaired) electrons. The summed E-state index contributed by atoms with van der Waals surface area (Å²) in [6.07, 6.45) is 1.91. The first kappa shape index (κ1) is 22.6. The minimum atomic E-state index is -0.446. The molecule has 0 fully saturated rings. The van der Waals surface area contributed by atoms with Gasteiger partial charge in [0.25, 0.3) is 0 Å². The molecule has 4 aromatic carbocycles. The number of carbonyl (C=O) groups excluding carboxylic acids is 1. The summed E-state index contributed by atoms with van der Waals surface area (Å²) in [4.78, 5) is 16.4. The number of nitrogens with two attached hydrogens (primary N) is 1. The lowest BCUT2D eigenvalue weighted by Crippen LogP contribution is -2.11. The van der Waals surface area contributed by atoms with Crippen LogP contribution in [0.25, 0.3) is 28.2 Å². The minimum Gasteiger partial charge on any atom is -0.366 e. The highest BCUT2D eigenvalue weighted by Gasteiger charge is 2.19. The predicted octanol–water partition coefficient (Wildman–Crippen LogP) is 7.42. The number of aliphatic imine (C=N–C) groups is 1. The van der Waals surface area contributed by atoms with Crippen LogP contribution in [0, 0.1) is 0 Å². The zero-order chi connectivity index (χ0) is 24.2. The second-order valence-electron chi connectivity index (χ2n) is 8.05. The third-order valence-electron chi connectivity index (χ3n) is 5.74. The van der Waals surface area contributed by atoms with E-state index < -0.39 is 5.91 Å². The van der Waals surface area contributed by atoms with Crippen molar-refractivity contribution < 1.29 is 4.79 Å². The average Bonchev–Trinajstić information content (AvgIpc) is 3.29. The fourth-order valence-electron chi connectivity index (χ4n) is 4.06. The topological polar surface area (TPSA) is 60.4 Å². The van der Waals surface area contributed by atoms with E-state index in [-0.39, 0.29) is 0 Å². The van der Waals surface area contributed by atoms with E-state index in [1.165, 1.54) is 0 Å². The van der Waals surface area contributed by atoms with Crippen molar-refractivity contribution in [2.75, 3.05) is 0 Å². The molecule has 2 N–H and O–H groups in total. The monoisotopic (exact) mass is 519 g/mol. The normalized spacial score (nSPS) is 11.1. The molecule has 5 aromatic rings. The SMILES string of the molecule is NC(=O)c1ccc(-n2c(-c3ccccc3)cc(C=Nc3ccc(Br)cc3)c2-c2ccccc2)cc1. The molecule has 1 aromatic heterocycles. The molecule has 1 heterocycles. The zero-order valence-electron chi connectivity index (χ0n) is 18.8. The van der Waals surface area contributed by atoms with Gasteiger partial charge in [0.05, 0.1) is 17.1 Å². The molecular weight excluding hydrogens is 498 g/mol. The van der Waals surface area contributed by atoms with E-state index in [9.17, 15) is 4.79 Å². The van der Waals surface area contributed by atoms with Crippen molar-refractivity contribution in [3.05, 3.63) is 131 Å². The van der Waals surface area contributed by atoms with Crippen molar-refractivity contribution in [3.8, 4) is 28.2 Å². The van der Waals surface area contributed by atoms with Crippen molar-refractivity contribution in [1.82, 2.24) is 4.57 Å². The highest BCUT2D eigenvalue weighted by atomic mass is 79.9. The van der Waals surface area contributed by atoms with Gasteiger partial charge in [-0.05, 0) is 65.7 Å². The first-order chi connectivity index (χ1) is 17.1. The lowest BCUT2D eigenvalue weighted by Gasteiger charge is -2.15. The van der Waals surface area contributed by atoms with E-state index in [1.807, 2.05) is 79.0 Å². The Morgan fingerprint density at radius 3 is 1.97 bits per heavy atom. The number of rotatable bonds is 6. The fraction of sp³-hybridized carbons (Fsp3) is 0. The molecule has 0 unspecified atom stereocenters. The third kappa shape index (κ3) is 4.86. The average molecular weight is 520 g/mol. The summed E-state index contributed by atoms with van der Waals surface area (Å²) >= 11 is 3.48. The molecule has 5 rings (SSSR count). The first-order valence-electron chi connectivity index (χ1n) is 11.2. The maximum atomic E-state index is 11.7. The summed E-state index contributed by atoms with van der Waals surface area (Å²) in [7, 11) is 0. The third-order valence-corrected chi connectivity index (χ3v) is 6.26. The number of primary amides is 1. The Morgan fingerprint density at radius 1 is 0.771 bits per heavy atom. The van der Waals surface area contributed by atoms with Crippen LogP contribution in [0.5, 0.6) is 0 Å². The van der Waals surface area contributed by atoms with Gasteiger partial charge < -0.3 is 10.3 Å². The van der Waals surface area contributed by atoms with Crippen molar-refractivity contribution in [1.29, 1.82) is 0 Å². The van der Waals surface area contributed by atoms with Crippen molar-refractivity contribution in [3.63, 3.8) is 0 Å². The van der Waals surface area contributed by atoms with Crippen LogP contribution in [0.3, 0.4) is 0 Å². The van der Waals surface area contributed by atoms with Gasteiger partial charge in [0.2, 0.25) is 5.91 Å². The van der Waals surface area contributed by atoms with Crippen LogP contribution in [-0.2, 0) is 0 Å². The molecule has 35 heavy (non-hydrogen) atoms. The molecule has 0 atom stereocenters. The van der Waals surface area contributed by atoms with Crippen LogP contribution in [0.4, 0.5) is 5.69 Å². The molecule has 1 amide bonds. The largest absolute Gasteiger partial charge is 0.366 e. The predicted molar refractivity (Wildman–Crippen MR) is 147 cm³/mol. The Morgan fingerprint density at radius 2 is 1.37 bits per heavy atom. The maximum absolute atomic E-state index is 11.7. The Kier molecular flexibility index (Phi) is 6.42. The smallest absolute Gasteiger partial charge is 0.248 e. The molecule has 4 nitrogen and oxygen atoms in total. The van der Waals surface area contributed by atoms with Gasteiger partial charge in [0.1, 0.15) is 0 Å². The second kappa shape index (κ2) is 9.95. The summed E-state index contributed by atoms with van der Waals surface area (Å²) in [6, 6.07) is 37.9. The van der Waals surface area contributed by atoms with E-state index >= 15 is 0 Å². The zero-order valence-corrected chi connectivity index (χ0v) is 20.4. The van der Waals surface area contributed by atoms with Crippen molar-refractivity contribution in [2.24, 2.45) is 10.7 Å². The summed E-state index contributed by atoms with van der Waals surface area (Å²) < 4.78 is 3.22. The molecule has 170 valence electrons. The molecule has 0 aliphatic rings. The molecule has 0 saturated heterocycles. The summed E-state index contributed by atoms with van der Waals surface area (Å²) in [5, 5.41) is 0. The van der Waals surface area contributed by atoms with Gasteiger partial charge in [-0.2, -0.15) is 0 Å². The van der Waals surface area contributed by atoms with Crippen LogP contribution >= 0.6 is 15.9 Å². The Hall–Kier alpha value is -4.22. The van der Waals surface area contributed by atoms with E-state index in [0.717, 1.165) is 43.9 Å². The Bertz CT molecular complexity index is 1490. The van der Waals surface area contributed by atoms with E-state index in [0.29, 0.717) is 5.56 Å². The number of benzene rings is 4. The van der Waals surface area contributed by atoms with E-state index in [4.69, 9.17) is 10.7 Å². The van der Waals surface area contributed by atoms with Crippen LogP contribution in [0.1, 0.15) is 15.9 Å². The first-order valence-corrected chi connectivity index (χ1v) is 12.0. The van der Waals surface area contributed by atoms with E-state index in [1.54, 1.807) is 12.1 Å². The Balaban J connectivity index is 1.75. The lowest BCUT2D eigenvalue weighted by molar-refractivity contribution is 0.100. The summed E-state index contributed by atoms with van der Waals surface area (Å²) in [5.74, 6) is -0.446. The molecular formula is C30H22BrN3O. The molecule has 0 aliphatic heterocycles. The number of carbonyl (C=O) groups is 1. The standard InChI is InChI=1S/C30H22BrN3O/c31-25-13-15-26(16-14-25)33-20-24-19-28(21-7-3-1-4-8-21)34(29(24)22-9-5-2-6-10-22)27-17-11-23(12-18-27)30(32)35/h1-20H,(H2,32,35). The van der Waals surface area contributed by atoms with Gasteiger partial charge in [-0.1, -0.05) is 76.6 Å². The summed E-state index contributed by atoms with van der Waals surface area (Å²) in [5.41, 5.74) is 12.9. The van der Waals surface area contributed by atoms with Crippen LogP contribution in [0.2, 0.25) is 0 Å². The van der Waals surface area contributed by atoms with Gasteiger partial charge in [-0.15, -0.1) is 0 Å². The molecule has 0 aliphatic carbocycles. The van der Waals surface area contributed by atoms with Crippen LogP contribution in [-0.4, -0.2) is 16.7 Å². The van der Waals surface area contributed by atoms with Crippen molar-refractivity contribution >= 4 is 33.7 Å². The number of hydrogen-bond donors (Lipinski definition) is 1. The number of hydrogen-bond acceptors (Lipinski definition) is 2. The fourth-order valence-corrected chi connectivity index (χ4v) is 4.32. The van der Waals surface area contributed by atoms with E-state index in [2.05, 4.69) is 50.8 Å². The molecule has 0 spiro atoms. The highest BCUT2D eigenvalue weighted by molar-refractivity contribution is 9.10. The van der Waals surface area contributed by atoms with Crippen molar-refractivity contribution in [2.45, 2.75) is 0 Å². The summed E-state index contributed by atoms with van der Waals surface area (Å²) in [6.45, 7) is 0. The van der Waals surface area contributed by atoms with Crippen LogP contribution in [0.15, 0.2) is 125 Å². The highest BCUT2D eigenvalue weighted by Crippen LogP contribution is 2.35. The molecule has 0 saturated carbocycles. The molecule has 5 heteroatoms. The van der Waals surface area contributed by atoms with Gasteiger partial charge >= 0.3 is 0 Å². The second-order valence-corrected chi connectivity index (χ2v) is 8.96. The number of aromatic nitrogens is 1. The van der Waals surface area contributed by atoms with Gasteiger partial charge in [0, 0.05) is 27.5 Å². The number of amides is 1. The van der Waals surface area contributed by atoms with Gasteiger partial charge in [0.15, 0.2) is 0 Å².